The van der Waals surface area contributed by atoms with Crippen LogP contribution in [0.4, 0.5) is 20.8 Å². The van der Waals surface area contributed by atoms with Crippen LogP contribution in [0.15, 0.2) is 53.4 Å². The normalized spacial score (nSPS) is 16.7. The molecule has 1 fully saturated rings. The maximum absolute atomic E-state index is 14.3. The molecular formula is C26H30FN5O5S. The van der Waals surface area contributed by atoms with Crippen molar-refractivity contribution in [1.29, 1.82) is 0 Å². The number of halogens is 1. The van der Waals surface area contributed by atoms with Gasteiger partial charge in [0.1, 0.15) is 5.82 Å². The number of aliphatic hydroxyl groups is 1. The standard InChI is InChI=1S/C26H30FN5O5S/c1-16(14-33)28-26(34)29-20-7-4-18(5-8-20)22-13-23(21-12-19(27)6-9-24(21)38(3,35)36)31-25(30-22)32-10-11-37-15-17(32)2/h4-9,12-13,16-17,33H,10-11,14-15H2,1-3H3,(H2,28,29,34)/t16-,17-/m0/s1. The quantitative estimate of drug-likeness (QED) is 0.387. The van der Waals surface area contributed by atoms with Gasteiger partial charge in [0.05, 0.1) is 48.2 Å². The fourth-order valence-electron chi connectivity index (χ4n) is 4.06. The number of hydrogen-bond donors (Lipinski definition) is 3. The van der Waals surface area contributed by atoms with Crippen molar-refractivity contribution in [3.8, 4) is 22.5 Å². The molecule has 2 atom stereocenters. The zero-order valence-electron chi connectivity index (χ0n) is 21.3. The summed E-state index contributed by atoms with van der Waals surface area (Å²) in [5.41, 5.74) is 2.12. The Morgan fingerprint density at radius 3 is 2.55 bits per heavy atom. The summed E-state index contributed by atoms with van der Waals surface area (Å²) in [4.78, 5) is 23.4. The second-order valence-electron chi connectivity index (χ2n) is 9.23. The number of aliphatic hydroxyl groups excluding tert-OH is 1. The van der Waals surface area contributed by atoms with E-state index in [9.17, 15) is 17.6 Å². The van der Waals surface area contributed by atoms with Gasteiger partial charge in [-0.05, 0) is 50.2 Å². The van der Waals surface area contributed by atoms with E-state index in [4.69, 9.17) is 14.8 Å². The molecule has 0 unspecified atom stereocenters. The number of aromatic nitrogens is 2. The number of benzene rings is 2. The highest BCUT2D eigenvalue weighted by Crippen LogP contribution is 2.32. The SMILES string of the molecule is C[C@@H](CO)NC(=O)Nc1ccc(-c2cc(-c3cc(F)ccc3S(C)(=O)=O)nc(N3CCOC[C@@H]3C)n2)cc1. The summed E-state index contributed by atoms with van der Waals surface area (Å²) < 4.78 is 44.8. The van der Waals surface area contributed by atoms with E-state index in [-0.39, 0.29) is 28.8 Å². The zero-order valence-corrected chi connectivity index (χ0v) is 22.1. The first-order valence-corrected chi connectivity index (χ1v) is 14.0. The summed E-state index contributed by atoms with van der Waals surface area (Å²) in [6.45, 7) is 4.97. The fraction of sp³-hybridized carbons (Fsp3) is 0.346. The molecule has 2 amide bonds. The topological polar surface area (TPSA) is 134 Å². The zero-order chi connectivity index (χ0) is 27.4. The predicted octanol–water partition coefficient (Wildman–Crippen LogP) is 3.08. The summed E-state index contributed by atoms with van der Waals surface area (Å²) in [5, 5.41) is 14.4. The summed E-state index contributed by atoms with van der Waals surface area (Å²) >= 11 is 0. The van der Waals surface area contributed by atoms with Crippen LogP contribution < -0.4 is 15.5 Å². The molecular weight excluding hydrogens is 513 g/mol. The van der Waals surface area contributed by atoms with E-state index in [1.54, 1.807) is 37.3 Å². The van der Waals surface area contributed by atoms with E-state index >= 15 is 0 Å². The minimum Gasteiger partial charge on any atom is -0.394 e. The second kappa shape index (κ2) is 11.4. The number of sulfone groups is 1. The van der Waals surface area contributed by atoms with Gasteiger partial charge in [-0.3, -0.25) is 0 Å². The average Bonchev–Trinajstić information content (AvgIpc) is 2.88. The maximum Gasteiger partial charge on any atom is 0.319 e. The smallest absolute Gasteiger partial charge is 0.319 e. The Hall–Kier alpha value is -3.61. The number of anilines is 2. The van der Waals surface area contributed by atoms with Gasteiger partial charge in [-0.1, -0.05) is 12.1 Å². The molecule has 0 bridgehead atoms. The summed E-state index contributed by atoms with van der Waals surface area (Å²) in [5.74, 6) is -0.213. The lowest BCUT2D eigenvalue weighted by atomic mass is 10.1. The van der Waals surface area contributed by atoms with Crippen LogP contribution in [0, 0.1) is 5.82 Å². The van der Waals surface area contributed by atoms with Crippen LogP contribution in [-0.2, 0) is 14.6 Å². The molecule has 2 heterocycles. The molecule has 1 saturated heterocycles. The Morgan fingerprint density at radius 1 is 1.18 bits per heavy atom. The number of nitrogens with zero attached hydrogens (tertiary/aromatic N) is 3. The van der Waals surface area contributed by atoms with Crippen LogP contribution in [-0.4, -0.2) is 74.2 Å². The fourth-order valence-corrected chi connectivity index (χ4v) is 4.94. The summed E-state index contributed by atoms with van der Waals surface area (Å²) in [6.07, 6.45) is 1.07. The first kappa shape index (κ1) is 27.4. The van der Waals surface area contributed by atoms with E-state index in [0.717, 1.165) is 18.4 Å². The number of ether oxygens (including phenoxy) is 1. The van der Waals surface area contributed by atoms with Crippen molar-refractivity contribution in [3.63, 3.8) is 0 Å². The van der Waals surface area contributed by atoms with E-state index in [0.29, 0.717) is 42.7 Å². The van der Waals surface area contributed by atoms with Crippen LogP contribution in [0.25, 0.3) is 22.5 Å². The van der Waals surface area contributed by atoms with Crippen LogP contribution in [0.2, 0.25) is 0 Å². The minimum atomic E-state index is -3.67. The third-order valence-corrected chi connectivity index (χ3v) is 7.20. The van der Waals surface area contributed by atoms with Crippen LogP contribution in [0.5, 0.6) is 0 Å². The number of nitrogens with one attached hydrogen (secondary N) is 2. The lowest BCUT2D eigenvalue weighted by Crippen LogP contribution is -2.44. The molecule has 2 aromatic carbocycles. The van der Waals surface area contributed by atoms with E-state index in [1.165, 1.54) is 6.07 Å². The molecule has 4 rings (SSSR count). The van der Waals surface area contributed by atoms with Crippen molar-refractivity contribution in [2.45, 2.75) is 30.8 Å². The van der Waals surface area contributed by atoms with Crippen molar-refractivity contribution >= 4 is 27.5 Å². The molecule has 1 aliphatic heterocycles. The average molecular weight is 544 g/mol. The highest BCUT2D eigenvalue weighted by Gasteiger charge is 2.24. The highest BCUT2D eigenvalue weighted by molar-refractivity contribution is 7.90. The molecule has 3 aromatic rings. The monoisotopic (exact) mass is 543 g/mol. The molecule has 38 heavy (non-hydrogen) atoms. The molecule has 1 aliphatic rings. The van der Waals surface area contributed by atoms with Crippen molar-refractivity contribution in [2.24, 2.45) is 0 Å². The minimum absolute atomic E-state index is 0.0276. The van der Waals surface area contributed by atoms with Gasteiger partial charge < -0.3 is 25.4 Å². The molecule has 0 spiro atoms. The highest BCUT2D eigenvalue weighted by atomic mass is 32.2. The first-order valence-electron chi connectivity index (χ1n) is 12.1. The van der Waals surface area contributed by atoms with Crippen molar-refractivity contribution in [1.82, 2.24) is 15.3 Å². The summed E-state index contributed by atoms with van der Waals surface area (Å²) in [7, 11) is -3.67. The number of morpholine rings is 1. The van der Waals surface area contributed by atoms with Crippen LogP contribution in [0.3, 0.4) is 0 Å². The maximum atomic E-state index is 14.3. The van der Waals surface area contributed by atoms with E-state index in [1.807, 2.05) is 11.8 Å². The molecule has 0 saturated carbocycles. The molecule has 12 heteroatoms. The molecule has 10 nitrogen and oxygen atoms in total. The van der Waals surface area contributed by atoms with Crippen molar-refractivity contribution in [2.75, 3.05) is 42.8 Å². The Morgan fingerprint density at radius 2 is 1.89 bits per heavy atom. The first-order chi connectivity index (χ1) is 18.0. The molecule has 3 N–H and O–H groups in total. The molecule has 1 aromatic heterocycles. The third-order valence-electron chi connectivity index (χ3n) is 6.05. The number of carbonyl (C=O) groups is 1. The Balaban J connectivity index is 1.77. The molecule has 202 valence electrons. The number of rotatable bonds is 7. The lowest BCUT2D eigenvalue weighted by Gasteiger charge is -2.33. The number of hydrogen-bond acceptors (Lipinski definition) is 8. The Kier molecular flexibility index (Phi) is 8.24. The van der Waals surface area contributed by atoms with E-state index in [2.05, 4.69) is 15.6 Å². The van der Waals surface area contributed by atoms with Gasteiger partial charge in [0.15, 0.2) is 9.84 Å². The van der Waals surface area contributed by atoms with Gasteiger partial charge in [0, 0.05) is 29.6 Å². The van der Waals surface area contributed by atoms with E-state index < -0.39 is 27.7 Å². The largest absolute Gasteiger partial charge is 0.394 e. The van der Waals surface area contributed by atoms with Crippen molar-refractivity contribution < 1.29 is 27.4 Å². The van der Waals surface area contributed by atoms with Gasteiger partial charge in [0.2, 0.25) is 5.95 Å². The Bertz CT molecular complexity index is 1420. The Labute approximate surface area is 220 Å². The number of amides is 2. The predicted molar refractivity (Wildman–Crippen MR) is 142 cm³/mol. The summed E-state index contributed by atoms with van der Waals surface area (Å²) in [6, 6.07) is 11.2. The second-order valence-corrected chi connectivity index (χ2v) is 11.2. The van der Waals surface area contributed by atoms with Gasteiger partial charge >= 0.3 is 6.03 Å². The number of carbonyl (C=O) groups excluding carboxylic acids is 1. The van der Waals surface area contributed by atoms with Crippen molar-refractivity contribution in [3.05, 3.63) is 54.3 Å². The third kappa shape index (κ3) is 6.44. The van der Waals surface area contributed by atoms with Gasteiger partial charge in [-0.2, -0.15) is 0 Å². The number of urea groups is 1. The van der Waals surface area contributed by atoms with Crippen LogP contribution in [0.1, 0.15) is 13.8 Å². The van der Waals surface area contributed by atoms with Crippen LogP contribution >= 0.6 is 0 Å². The lowest BCUT2D eigenvalue weighted by molar-refractivity contribution is 0.0981. The molecule has 0 aliphatic carbocycles. The van der Waals surface area contributed by atoms with Gasteiger partial charge in [-0.15, -0.1) is 0 Å². The van der Waals surface area contributed by atoms with Gasteiger partial charge in [-0.25, -0.2) is 27.6 Å². The molecule has 0 radical (unpaired) electrons. The van der Waals surface area contributed by atoms with Gasteiger partial charge in [0.25, 0.3) is 0 Å².